The zero-order valence-electron chi connectivity index (χ0n) is 12.4. The summed E-state index contributed by atoms with van der Waals surface area (Å²) in [6, 6.07) is 15.0. The zero-order chi connectivity index (χ0) is 15.4. The molecule has 0 radical (unpaired) electrons. The van der Waals surface area contributed by atoms with Crippen LogP contribution in [0.5, 0.6) is 0 Å². The summed E-state index contributed by atoms with van der Waals surface area (Å²) in [7, 11) is 0. The van der Waals surface area contributed by atoms with Crippen LogP contribution in [0.2, 0.25) is 0 Å². The van der Waals surface area contributed by atoms with Gasteiger partial charge < -0.3 is 0 Å². The molecule has 0 amide bonds. The fourth-order valence-electron chi connectivity index (χ4n) is 2.79. The van der Waals surface area contributed by atoms with Gasteiger partial charge in [-0.15, -0.1) is 0 Å². The highest BCUT2D eigenvalue weighted by Gasteiger charge is 2.11. The van der Waals surface area contributed by atoms with E-state index in [1.165, 1.54) is 36.2 Å². The fourth-order valence-corrected chi connectivity index (χ4v) is 2.79. The van der Waals surface area contributed by atoms with Crippen LogP contribution >= 0.6 is 0 Å². The molecule has 0 unspecified atom stereocenters. The second kappa shape index (κ2) is 6.58. The molecule has 0 aliphatic heterocycles. The van der Waals surface area contributed by atoms with E-state index in [0.717, 1.165) is 17.9 Å². The molecular formula is C19H19NO2. The smallest absolute Gasteiger partial charge is 0.187 e. The molecule has 2 aromatic rings. The van der Waals surface area contributed by atoms with Crippen LogP contribution in [0.1, 0.15) is 34.3 Å². The molecule has 0 atom stereocenters. The summed E-state index contributed by atoms with van der Waals surface area (Å²) in [6.07, 6.45) is 7.37. The number of rotatable bonds is 4. The molecule has 1 N–H and O–H groups in total. The molecule has 0 fully saturated rings. The summed E-state index contributed by atoms with van der Waals surface area (Å²) in [5, 5.41) is 10.9. The Morgan fingerprint density at radius 2 is 1.73 bits per heavy atom. The standard InChI is InChI=1S/C19H19NO2/c21-19(12-13-20(22)18-8-2-1-3-9-18)17-11-10-15-6-4-5-7-16(15)14-17/h1-3,8-14,22H,4-7H2/b13-12-. The van der Waals surface area contributed by atoms with Crippen molar-refractivity contribution in [3.63, 3.8) is 0 Å². The highest BCUT2D eigenvalue weighted by Crippen LogP contribution is 2.22. The summed E-state index contributed by atoms with van der Waals surface area (Å²) >= 11 is 0. The van der Waals surface area contributed by atoms with Crippen molar-refractivity contribution >= 4 is 11.5 Å². The van der Waals surface area contributed by atoms with Gasteiger partial charge in [0.05, 0.1) is 5.69 Å². The Hall–Kier alpha value is -2.39. The van der Waals surface area contributed by atoms with Crippen molar-refractivity contribution in [2.75, 3.05) is 5.06 Å². The lowest BCUT2D eigenvalue weighted by atomic mass is 9.90. The van der Waals surface area contributed by atoms with Gasteiger partial charge in [-0.05, 0) is 55.0 Å². The number of fused-ring (bicyclic) bond motifs is 1. The maximum atomic E-state index is 12.2. The van der Waals surface area contributed by atoms with Crippen LogP contribution in [0.25, 0.3) is 0 Å². The van der Waals surface area contributed by atoms with E-state index in [0.29, 0.717) is 11.3 Å². The molecule has 0 heterocycles. The monoisotopic (exact) mass is 293 g/mol. The van der Waals surface area contributed by atoms with Crippen LogP contribution in [0.15, 0.2) is 60.8 Å². The first-order valence-electron chi connectivity index (χ1n) is 7.61. The molecule has 0 spiro atoms. The minimum Gasteiger partial charge on any atom is -0.289 e. The van der Waals surface area contributed by atoms with E-state index >= 15 is 0 Å². The molecule has 0 aromatic heterocycles. The molecule has 1 aliphatic carbocycles. The van der Waals surface area contributed by atoms with Gasteiger partial charge in [-0.3, -0.25) is 10.0 Å². The highest BCUT2D eigenvalue weighted by molar-refractivity contribution is 6.04. The Bertz CT molecular complexity index is 692. The van der Waals surface area contributed by atoms with E-state index in [2.05, 4.69) is 6.07 Å². The maximum Gasteiger partial charge on any atom is 0.187 e. The minimum absolute atomic E-state index is 0.0941. The lowest BCUT2D eigenvalue weighted by Crippen LogP contribution is -2.10. The highest BCUT2D eigenvalue weighted by atomic mass is 16.5. The van der Waals surface area contributed by atoms with E-state index in [1.807, 2.05) is 30.3 Å². The Balaban J connectivity index is 1.73. The molecular weight excluding hydrogens is 274 g/mol. The third-order valence-corrected chi connectivity index (χ3v) is 4.02. The van der Waals surface area contributed by atoms with Gasteiger partial charge >= 0.3 is 0 Å². The number of ketones is 1. The van der Waals surface area contributed by atoms with E-state index in [1.54, 1.807) is 12.1 Å². The second-order valence-corrected chi connectivity index (χ2v) is 5.55. The normalized spacial score (nSPS) is 13.9. The molecule has 3 rings (SSSR count). The van der Waals surface area contributed by atoms with Gasteiger partial charge in [0.1, 0.15) is 0 Å². The van der Waals surface area contributed by atoms with E-state index in [-0.39, 0.29) is 5.78 Å². The number of benzene rings is 2. The number of hydroxylamine groups is 1. The molecule has 112 valence electrons. The molecule has 22 heavy (non-hydrogen) atoms. The van der Waals surface area contributed by atoms with E-state index in [4.69, 9.17) is 0 Å². The quantitative estimate of drug-likeness (QED) is 0.523. The number of carbonyl (C=O) groups is 1. The summed E-state index contributed by atoms with van der Waals surface area (Å²) in [5.41, 5.74) is 3.95. The Kier molecular flexibility index (Phi) is 4.35. The van der Waals surface area contributed by atoms with E-state index in [9.17, 15) is 10.0 Å². The fraction of sp³-hybridized carbons (Fsp3) is 0.211. The average Bonchev–Trinajstić information content (AvgIpc) is 2.59. The molecule has 0 bridgehead atoms. The molecule has 1 aliphatic rings. The van der Waals surface area contributed by atoms with Gasteiger partial charge in [-0.25, -0.2) is 5.06 Å². The predicted octanol–water partition coefficient (Wildman–Crippen LogP) is 4.16. The van der Waals surface area contributed by atoms with Crippen LogP contribution in [-0.4, -0.2) is 11.0 Å². The first kappa shape index (κ1) is 14.5. The number of nitrogens with zero attached hydrogens (tertiary/aromatic N) is 1. The van der Waals surface area contributed by atoms with Gasteiger partial charge in [0.25, 0.3) is 0 Å². The number of para-hydroxylation sites is 1. The van der Waals surface area contributed by atoms with Crippen LogP contribution in [0.3, 0.4) is 0 Å². The van der Waals surface area contributed by atoms with Gasteiger partial charge in [0.2, 0.25) is 0 Å². The SMILES string of the molecule is O=C(/C=C\N(O)c1ccccc1)c1ccc2c(c1)CCCC2. The van der Waals surface area contributed by atoms with Gasteiger partial charge in [-0.2, -0.15) is 0 Å². The van der Waals surface area contributed by atoms with Crippen molar-refractivity contribution in [2.45, 2.75) is 25.7 Å². The molecule has 2 aromatic carbocycles. The second-order valence-electron chi connectivity index (χ2n) is 5.55. The number of allylic oxidation sites excluding steroid dienone is 1. The third-order valence-electron chi connectivity index (χ3n) is 4.02. The first-order valence-corrected chi connectivity index (χ1v) is 7.61. The average molecular weight is 293 g/mol. The van der Waals surface area contributed by atoms with Crippen LogP contribution in [0.4, 0.5) is 5.69 Å². The lowest BCUT2D eigenvalue weighted by molar-refractivity contribution is 0.104. The van der Waals surface area contributed by atoms with Crippen molar-refractivity contribution in [2.24, 2.45) is 0 Å². The van der Waals surface area contributed by atoms with Crippen molar-refractivity contribution in [3.05, 3.63) is 77.5 Å². The Morgan fingerprint density at radius 3 is 2.50 bits per heavy atom. The van der Waals surface area contributed by atoms with E-state index < -0.39 is 0 Å². The molecule has 0 saturated heterocycles. The topological polar surface area (TPSA) is 40.5 Å². The summed E-state index contributed by atoms with van der Waals surface area (Å²) in [5.74, 6) is -0.0941. The van der Waals surface area contributed by atoms with Gasteiger partial charge in [0.15, 0.2) is 5.78 Å². The molecule has 0 saturated carbocycles. The number of carbonyl (C=O) groups excluding carboxylic acids is 1. The van der Waals surface area contributed by atoms with Crippen molar-refractivity contribution in [1.82, 2.24) is 0 Å². The zero-order valence-corrected chi connectivity index (χ0v) is 12.4. The number of hydrogen-bond acceptors (Lipinski definition) is 3. The van der Waals surface area contributed by atoms with Crippen LogP contribution in [0, 0.1) is 0 Å². The van der Waals surface area contributed by atoms with Gasteiger partial charge in [0, 0.05) is 17.8 Å². The molecule has 3 nitrogen and oxygen atoms in total. The largest absolute Gasteiger partial charge is 0.289 e. The third kappa shape index (κ3) is 3.26. The number of hydrogen-bond donors (Lipinski definition) is 1. The van der Waals surface area contributed by atoms with Crippen LogP contribution in [-0.2, 0) is 12.8 Å². The summed E-state index contributed by atoms with van der Waals surface area (Å²) < 4.78 is 0. The first-order chi connectivity index (χ1) is 10.7. The Morgan fingerprint density at radius 1 is 1.00 bits per heavy atom. The summed E-state index contributed by atoms with van der Waals surface area (Å²) in [4.78, 5) is 12.2. The van der Waals surface area contributed by atoms with Crippen molar-refractivity contribution < 1.29 is 10.0 Å². The maximum absolute atomic E-state index is 12.2. The Labute approximate surface area is 130 Å². The number of aryl methyl sites for hydroxylation is 2. The lowest BCUT2D eigenvalue weighted by Gasteiger charge is -2.16. The van der Waals surface area contributed by atoms with Crippen molar-refractivity contribution in [3.8, 4) is 0 Å². The minimum atomic E-state index is -0.0941. The van der Waals surface area contributed by atoms with Crippen LogP contribution < -0.4 is 5.06 Å². The predicted molar refractivity (Wildman–Crippen MR) is 87.3 cm³/mol. The summed E-state index contributed by atoms with van der Waals surface area (Å²) in [6.45, 7) is 0. The van der Waals surface area contributed by atoms with Gasteiger partial charge in [-0.1, -0.05) is 30.3 Å². The van der Waals surface area contributed by atoms with Crippen molar-refractivity contribution in [1.29, 1.82) is 0 Å². The number of anilines is 1. The molecule has 3 heteroatoms.